The monoisotopic (exact) mass is 223 g/mol. The van der Waals surface area contributed by atoms with Gasteiger partial charge in [-0.3, -0.25) is 0 Å². The largest absolute Gasteiger partial charge is 0.303 e. The van der Waals surface area contributed by atoms with Crippen LogP contribution in [-0.2, 0) is 0 Å². The Hall–Kier alpha value is -0.0400. The second-order valence-corrected chi connectivity index (χ2v) is 8.01. The van der Waals surface area contributed by atoms with Gasteiger partial charge < -0.3 is 4.90 Å². The van der Waals surface area contributed by atoms with E-state index >= 15 is 0 Å². The number of nitrogens with zero attached hydrogens (tertiary/aromatic N) is 1. The fraction of sp³-hybridized carbons (Fsp3) is 1.00. The summed E-state index contributed by atoms with van der Waals surface area (Å²) in [6, 6.07) is 0. The average molecular weight is 223 g/mol. The average Bonchev–Trinajstić information content (AvgIpc) is 2.44. The zero-order valence-corrected chi connectivity index (χ0v) is 12.1. The van der Waals surface area contributed by atoms with Gasteiger partial charge in [0.15, 0.2) is 0 Å². The third kappa shape index (κ3) is 1.54. The smallest absolute Gasteiger partial charge is 0.00159 e. The first-order valence-corrected chi connectivity index (χ1v) is 6.91. The summed E-state index contributed by atoms with van der Waals surface area (Å²) < 4.78 is 0. The highest BCUT2D eigenvalue weighted by Crippen LogP contribution is 2.62. The van der Waals surface area contributed by atoms with Crippen molar-refractivity contribution in [1.82, 2.24) is 4.90 Å². The van der Waals surface area contributed by atoms with E-state index in [-0.39, 0.29) is 0 Å². The number of hydrogen-bond donors (Lipinski definition) is 0. The first-order valence-electron chi connectivity index (χ1n) is 6.91. The maximum Gasteiger partial charge on any atom is 0.00159 e. The molecule has 2 bridgehead atoms. The van der Waals surface area contributed by atoms with Gasteiger partial charge in [-0.1, -0.05) is 41.5 Å². The Morgan fingerprint density at radius 2 is 1.50 bits per heavy atom. The van der Waals surface area contributed by atoms with Crippen LogP contribution in [0.4, 0.5) is 0 Å². The van der Waals surface area contributed by atoms with E-state index in [9.17, 15) is 0 Å². The van der Waals surface area contributed by atoms with Gasteiger partial charge in [-0.05, 0) is 48.1 Å². The van der Waals surface area contributed by atoms with Crippen LogP contribution in [0.2, 0.25) is 0 Å². The van der Waals surface area contributed by atoms with Gasteiger partial charge in [0.05, 0.1) is 0 Å². The van der Waals surface area contributed by atoms with Crippen molar-refractivity contribution in [3.8, 4) is 0 Å². The molecule has 0 spiro atoms. The van der Waals surface area contributed by atoms with Crippen LogP contribution in [0.25, 0.3) is 0 Å². The molecule has 2 saturated heterocycles. The number of piperidine rings is 1. The summed E-state index contributed by atoms with van der Waals surface area (Å²) in [5.41, 5.74) is 1.37. The quantitative estimate of drug-likeness (QED) is 0.604. The Morgan fingerprint density at radius 3 is 2.00 bits per heavy atom. The van der Waals surface area contributed by atoms with Gasteiger partial charge in [0.1, 0.15) is 0 Å². The minimum absolute atomic E-state index is 0.423. The lowest BCUT2D eigenvalue weighted by molar-refractivity contribution is -0.107. The highest BCUT2D eigenvalue weighted by Gasteiger charge is 2.58. The summed E-state index contributed by atoms with van der Waals surface area (Å²) in [6.45, 7) is 18.8. The minimum Gasteiger partial charge on any atom is -0.303 e. The van der Waals surface area contributed by atoms with E-state index in [1.54, 1.807) is 0 Å². The third-order valence-corrected chi connectivity index (χ3v) is 5.47. The van der Waals surface area contributed by atoms with E-state index in [2.05, 4.69) is 46.4 Å². The maximum atomic E-state index is 2.67. The predicted octanol–water partition coefficient (Wildman–Crippen LogP) is 3.79. The van der Waals surface area contributed by atoms with Crippen LogP contribution in [-0.4, -0.2) is 24.5 Å². The van der Waals surface area contributed by atoms with Crippen molar-refractivity contribution in [2.24, 2.45) is 22.2 Å². The summed E-state index contributed by atoms with van der Waals surface area (Å²) in [4.78, 5) is 2.67. The van der Waals surface area contributed by atoms with E-state index in [0.717, 1.165) is 5.92 Å². The second-order valence-electron chi connectivity index (χ2n) is 8.01. The number of fused-ring (bicyclic) bond motifs is 2. The molecule has 2 fully saturated rings. The summed E-state index contributed by atoms with van der Waals surface area (Å²) in [7, 11) is 0. The highest BCUT2D eigenvalue weighted by atomic mass is 15.2. The molecular weight excluding hydrogens is 194 g/mol. The molecule has 2 aliphatic rings. The molecule has 0 aliphatic carbocycles. The molecule has 0 saturated carbocycles. The molecule has 94 valence electrons. The lowest BCUT2D eigenvalue weighted by atomic mass is 9.47. The van der Waals surface area contributed by atoms with Gasteiger partial charge >= 0.3 is 0 Å². The Balaban J connectivity index is 2.43. The molecule has 2 unspecified atom stereocenters. The van der Waals surface area contributed by atoms with Crippen molar-refractivity contribution in [3.63, 3.8) is 0 Å². The van der Waals surface area contributed by atoms with Gasteiger partial charge in [-0.15, -0.1) is 0 Å². The zero-order valence-electron chi connectivity index (χ0n) is 12.1. The molecule has 2 heterocycles. The summed E-state index contributed by atoms with van der Waals surface area (Å²) >= 11 is 0. The number of hydrogen-bond acceptors (Lipinski definition) is 1. The molecule has 2 atom stereocenters. The normalized spacial score (nSPS) is 34.1. The molecule has 2 rings (SSSR count). The van der Waals surface area contributed by atoms with Gasteiger partial charge in [0.2, 0.25) is 0 Å². The Bertz CT molecular complexity index is 252. The third-order valence-electron chi connectivity index (χ3n) is 5.47. The van der Waals surface area contributed by atoms with E-state index in [1.165, 1.54) is 32.5 Å². The molecule has 0 aromatic heterocycles. The fourth-order valence-corrected chi connectivity index (χ4v) is 5.08. The lowest BCUT2D eigenvalue weighted by Crippen LogP contribution is -2.55. The van der Waals surface area contributed by atoms with Crippen molar-refractivity contribution >= 4 is 0 Å². The van der Waals surface area contributed by atoms with Crippen molar-refractivity contribution < 1.29 is 0 Å². The summed E-state index contributed by atoms with van der Waals surface area (Å²) in [6.07, 6.45) is 2.82. The van der Waals surface area contributed by atoms with Crippen LogP contribution in [0.1, 0.15) is 54.4 Å². The van der Waals surface area contributed by atoms with Gasteiger partial charge in [0, 0.05) is 6.54 Å². The lowest BCUT2D eigenvalue weighted by Gasteiger charge is -2.59. The standard InChI is InChI=1S/C15H29N/c1-13(2,3)15(14(4,5)6)8-10-16-9-7-12(15)11-16/h12H,7-11H2,1-6H3. The van der Waals surface area contributed by atoms with Crippen LogP contribution >= 0.6 is 0 Å². The second kappa shape index (κ2) is 3.48. The SMILES string of the molecule is CC(C)(C)C1(C(C)(C)C)CCN2CCC1C2. The van der Waals surface area contributed by atoms with Crippen molar-refractivity contribution in [2.45, 2.75) is 54.4 Å². The van der Waals surface area contributed by atoms with Crippen LogP contribution in [0.3, 0.4) is 0 Å². The van der Waals surface area contributed by atoms with Crippen molar-refractivity contribution in [3.05, 3.63) is 0 Å². The van der Waals surface area contributed by atoms with Crippen molar-refractivity contribution in [1.29, 1.82) is 0 Å². The summed E-state index contributed by atoms with van der Waals surface area (Å²) in [5, 5.41) is 0. The topological polar surface area (TPSA) is 3.24 Å². The highest BCUT2D eigenvalue weighted by molar-refractivity contribution is 5.07. The Morgan fingerprint density at radius 1 is 0.938 bits per heavy atom. The zero-order chi connectivity index (χ0) is 12.2. The fourth-order valence-electron chi connectivity index (χ4n) is 5.08. The Kier molecular flexibility index (Phi) is 2.70. The molecule has 2 aliphatic heterocycles. The number of rotatable bonds is 0. The van der Waals surface area contributed by atoms with Gasteiger partial charge in [-0.25, -0.2) is 0 Å². The van der Waals surface area contributed by atoms with E-state index in [0.29, 0.717) is 16.2 Å². The predicted molar refractivity (Wildman–Crippen MR) is 70.5 cm³/mol. The maximum absolute atomic E-state index is 2.67. The molecule has 1 heteroatoms. The molecule has 16 heavy (non-hydrogen) atoms. The van der Waals surface area contributed by atoms with E-state index in [1.807, 2.05) is 0 Å². The molecule has 0 radical (unpaired) electrons. The van der Waals surface area contributed by atoms with Gasteiger partial charge in [0.25, 0.3) is 0 Å². The van der Waals surface area contributed by atoms with E-state index in [4.69, 9.17) is 0 Å². The molecule has 0 aromatic rings. The van der Waals surface area contributed by atoms with Gasteiger partial charge in [-0.2, -0.15) is 0 Å². The molecule has 0 N–H and O–H groups in total. The molecule has 0 aromatic carbocycles. The first kappa shape index (κ1) is 12.4. The molecule has 0 amide bonds. The first-order chi connectivity index (χ1) is 7.18. The minimum atomic E-state index is 0.423. The van der Waals surface area contributed by atoms with Crippen LogP contribution in [0.5, 0.6) is 0 Å². The summed E-state index contributed by atoms with van der Waals surface area (Å²) in [5.74, 6) is 0.918. The van der Waals surface area contributed by atoms with Crippen LogP contribution in [0, 0.1) is 22.2 Å². The Labute approximate surface area is 102 Å². The molecular formula is C15H29N. The van der Waals surface area contributed by atoms with Crippen LogP contribution < -0.4 is 0 Å². The van der Waals surface area contributed by atoms with E-state index < -0.39 is 0 Å². The molecule has 1 nitrogen and oxygen atoms in total. The van der Waals surface area contributed by atoms with Crippen LogP contribution in [0.15, 0.2) is 0 Å². The van der Waals surface area contributed by atoms with Crippen molar-refractivity contribution in [2.75, 3.05) is 19.6 Å².